The number of fused-ring (bicyclic) bond motifs is 2. The summed E-state index contributed by atoms with van der Waals surface area (Å²) in [5.74, 6) is 0.241. The van der Waals surface area contributed by atoms with Crippen molar-refractivity contribution in [3.05, 3.63) is 35.9 Å². The summed E-state index contributed by atoms with van der Waals surface area (Å²) in [6, 6.07) is 5.85. The van der Waals surface area contributed by atoms with Gasteiger partial charge in [0.25, 0.3) is 0 Å². The third-order valence-electron chi connectivity index (χ3n) is 6.77. The van der Waals surface area contributed by atoms with Gasteiger partial charge in [0.15, 0.2) is 11.5 Å². The van der Waals surface area contributed by atoms with E-state index in [1.165, 1.54) is 4.90 Å². The zero-order valence-corrected chi connectivity index (χ0v) is 16.9. The molecule has 5 rings (SSSR count). The van der Waals surface area contributed by atoms with Crippen molar-refractivity contribution in [1.29, 1.82) is 0 Å². The minimum absolute atomic E-state index is 0.139. The molecule has 1 saturated carbocycles. The standard InChI is InChI=1S/C23H26N2O5/c26-21(13-25-22(27)17-7-3-4-8-18(17)23(25)28)24(16-5-1-2-6-16)12-15-9-10-19-20(11-15)30-14-29-19/h3-4,9-11,16-18H,1-2,5-8,12-14H2/t17-,18-/m0/s1. The van der Waals surface area contributed by atoms with Crippen molar-refractivity contribution in [3.8, 4) is 11.5 Å². The van der Waals surface area contributed by atoms with Gasteiger partial charge in [-0.25, -0.2) is 0 Å². The topological polar surface area (TPSA) is 76.2 Å². The molecule has 0 spiro atoms. The number of rotatable bonds is 5. The van der Waals surface area contributed by atoms with E-state index in [0.29, 0.717) is 30.9 Å². The fourth-order valence-electron chi connectivity index (χ4n) is 5.12. The number of hydrogen-bond acceptors (Lipinski definition) is 5. The highest BCUT2D eigenvalue weighted by Gasteiger charge is 2.48. The first kappa shape index (κ1) is 19.2. The molecule has 0 aromatic heterocycles. The summed E-state index contributed by atoms with van der Waals surface area (Å²) in [4.78, 5) is 42.0. The molecule has 7 nitrogen and oxygen atoms in total. The highest BCUT2D eigenvalue weighted by atomic mass is 16.7. The molecule has 1 aromatic carbocycles. The lowest BCUT2D eigenvalue weighted by Crippen LogP contribution is -2.46. The molecule has 2 fully saturated rings. The van der Waals surface area contributed by atoms with Gasteiger partial charge in [-0.1, -0.05) is 31.1 Å². The van der Waals surface area contributed by atoms with Crippen molar-refractivity contribution in [2.24, 2.45) is 11.8 Å². The van der Waals surface area contributed by atoms with Crippen molar-refractivity contribution < 1.29 is 23.9 Å². The second-order valence-electron chi connectivity index (χ2n) is 8.57. The van der Waals surface area contributed by atoms with E-state index in [1.54, 1.807) is 0 Å². The van der Waals surface area contributed by atoms with Crippen LogP contribution in [0.4, 0.5) is 0 Å². The lowest BCUT2D eigenvalue weighted by atomic mass is 9.85. The largest absolute Gasteiger partial charge is 0.454 e. The summed E-state index contributed by atoms with van der Waals surface area (Å²) in [5, 5.41) is 0. The number of nitrogens with zero attached hydrogens (tertiary/aromatic N) is 2. The normalized spacial score (nSPS) is 25.1. The van der Waals surface area contributed by atoms with E-state index in [0.717, 1.165) is 31.2 Å². The van der Waals surface area contributed by atoms with Crippen LogP contribution in [-0.2, 0) is 20.9 Å². The van der Waals surface area contributed by atoms with E-state index < -0.39 is 0 Å². The summed E-state index contributed by atoms with van der Waals surface area (Å²) in [5.41, 5.74) is 0.955. The number of ether oxygens (including phenoxy) is 2. The van der Waals surface area contributed by atoms with Gasteiger partial charge in [0, 0.05) is 12.6 Å². The summed E-state index contributed by atoms with van der Waals surface area (Å²) < 4.78 is 10.8. The molecule has 2 heterocycles. The maximum atomic E-state index is 13.3. The molecule has 1 aromatic rings. The Balaban J connectivity index is 1.33. The van der Waals surface area contributed by atoms with Crippen molar-refractivity contribution in [1.82, 2.24) is 9.80 Å². The highest BCUT2D eigenvalue weighted by molar-refractivity contribution is 6.07. The quantitative estimate of drug-likeness (QED) is 0.551. The van der Waals surface area contributed by atoms with Crippen LogP contribution in [0.25, 0.3) is 0 Å². The maximum absolute atomic E-state index is 13.3. The van der Waals surface area contributed by atoms with E-state index >= 15 is 0 Å². The third-order valence-corrected chi connectivity index (χ3v) is 6.77. The number of hydrogen-bond donors (Lipinski definition) is 0. The molecule has 1 saturated heterocycles. The van der Waals surface area contributed by atoms with E-state index in [4.69, 9.17) is 9.47 Å². The molecular weight excluding hydrogens is 384 g/mol. The Kier molecular flexibility index (Phi) is 4.97. The Morgan fingerprint density at radius 3 is 2.37 bits per heavy atom. The maximum Gasteiger partial charge on any atom is 0.243 e. The molecule has 3 amide bonds. The highest BCUT2D eigenvalue weighted by Crippen LogP contribution is 2.36. The van der Waals surface area contributed by atoms with Gasteiger partial charge in [0.1, 0.15) is 6.54 Å². The van der Waals surface area contributed by atoms with Gasteiger partial charge in [0.2, 0.25) is 24.5 Å². The Hall–Kier alpha value is -2.83. The second kappa shape index (κ2) is 7.78. The van der Waals surface area contributed by atoms with Gasteiger partial charge in [0.05, 0.1) is 11.8 Å². The Labute approximate surface area is 175 Å². The number of benzene rings is 1. The molecule has 30 heavy (non-hydrogen) atoms. The monoisotopic (exact) mass is 410 g/mol. The van der Waals surface area contributed by atoms with Gasteiger partial charge in [-0.2, -0.15) is 0 Å². The lowest BCUT2D eigenvalue weighted by molar-refractivity contribution is -0.147. The van der Waals surface area contributed by atoms with E-state index in [1.807, 2.05) is 35.3 Å². The van der Waals surface area contributed by atoms with Crippen LogP contribution < -0.4 is 9.47 Å². The molecule has 0 N–H and O–H groups in total. The molecule has 0 unspecified atom stereocenters. The van der Waals surface area contributed by atoms with Crippen molar-refractivity contribution in [2.75, 3.05) is 13.3 Å². The Morgan fingerprint density at radius 1 is 1.00 bits per heavy atom. The van der Waals surface area contributed by atoms with Crippen molar-refractivity contribution in [2.45, 2.75) is 51.1 Å². The first-order valence-corrected chi connectivity index (χ1v) is 10.8. The number of carbonyl (C=O) groups is 3. The molecule has 2 aliphatic carbocycles. The Morgan fingerprint density at radius 2 is 1.67 bits per heavy atom. The fraction of sp³-hybridized carbons (Fsp3) is 0.522. The van der Waals surface area contributed by atoms with Gasteiger partial charge in [-0.3, -0.25) is 19.3 Å². The van der Waals surface area contributed by atoms with Crippen LogP contribution in [0.3, 0.4) is 0 Å². The van der Waals surface area contributed by atoms with E-state index in [2.05, 4.69) is 0 Å². The molecule has 0 radical (unpaired) electrons. The molecule has 2 aliphatic heterocycles. The SMILES string of the molecule is O=C1[C@H]2CC=CC[C@@H]2C(=O)N1CC(=O)N(Cc1ccc2c(c1)OCO2)C1CCCC1. The minimum atomic E-state index is -0.302. The molecule has 4 aliphatic rings. The van der Waals surface area contributed by atoms with Gasteiger partial charge >= 0.3 is 0 Å². The molecular formula is C23H26N2O5. The van der Waals surface area contributed by atoms with Crippen LogP contribution in [-0.4, -0.2) is 46.9 Å². The number of likely N-dealkylation sites (tertiary alicyclic amines) is 1. The first-order chi connectivity index (χ1) is 14.6. The lowest BCUT2D eigenvalue weighted by Gasteiger charge is -2.30. The van der Waals surface area contributed by atoms with Crippen LogP contribution in [0, 0.1) is 11.8 Å². The molecule has 2 atom stereocenters. The summed E-state index contributed by atoms with van der Waals surface area (Å²) in [6.45, 7) is 0.483. The third kappa shape index (κ3) is 3.36. The predicted molar refractivity (Wildman–Crippen MR) is 107 cm³/mol. The minimum Gasteiger partial charge on any atom is -0.454 e. The molecule has 0 bridgehead atoms. The van der Waals surface area contributed by atoms with E-state index in [9.17, 15) is 14.4 Å². The van der Waals surface area contributed by atoms with E-state index in [-0.39, 0.29) is 48.9 Å². The average Bonchev–Trinajstić information content (AvgIpc) is 3.50. The van der Waals surface area contributed by atoms with Crippen LogP contribution in [0.1, 0.15) is 44.1 Å². The van der Waals surface area contributed by atoms with Gasteiger partial charge in [-0.05, 0) is 43.4 Å². The Bertz CT molecular complexity index is 879. The number of carbonyl (C=O) groups excluding carboxylic acids is 3. The number of imide groups is 1. The summed E-state index contributed by atoms with van der Waals surface area (Å²) in [7, 11) is 0. The summed E-state index contributed by atoms with van der Waals surface area (Å²) >= 11 is 0. The van der Waals surface area contributed by atoms with Crippen LogP contribution in [0.15, 0.2) is 30.4 Å². The zero-order chi connectivity index (χ0) is 20.7. The van der Waals surface area contributed by atoms with Crippen molar-refractivity contribution >= 4 is 17.7 Å². The van der Waals surface area contributed by atoms with Gasteiger partial charge < -0.3 is 14.4 Å². The van der Waals surface area contributed by atoms with Crippen molar-refractivity contribution in [3.63, 3.8) is 0 Å². The van der Waals surface area contributed by atoms with Gasteiger partial charge in [-0.15, -0.1) is 0 Å². The number of allylic oxidation sites excluding steroid dienone is 2. The zero-order valence-electron chi connectivity index (χ0n) is 16.9. The second-order valence-corrected chi connectivity index (χ2v) is 8.57. The predicted octanol–water partition coefficient (Wildman–Crippen LogP) is 2.64. The molecule has 7 heteroatoms. The molecule has 158 valence electrons. The summed E-state index contributed by atoms with van der Waals surface area (Å²) in [6.07, 6.45) is 9.18. The van der Waals surface area contributed by atoms with Crippen LogP contribution in [0.2, 0.25) is 0 Å². The van der Waals surface area contributed by atoms with Crippen LogP contribution >= 0.6 is 0 Å². The smallest absolute Gasteiger partial charge is 0.243 e. The number of amides is 3. The first-order valence-electron chi connectivity index (χ1n) is 10.8. The van der Waals surface area contributed by atoms with Crippen LogP contribution in [0.5, 0.6) is 11.5 Å². The average molecular weight is 410 g/mol. The fourth-order valence-corrected chi connectivity index (χ4v) is 5.12.